The molecule has 0 unspecified atom stereocenters. The van der Waals surface area contributed by atoms with Crippen LogP contribution in [0.25, 0.3) is 0 Å². The molecule has 2 aromatic carbocycles. The average Bonchev–Trinajstić information content (AvgIpc) is 2.40. The molecule has 0 aromatic heterocycles. The van der Waals surface area contributed by atoms with Gasteiger partial charge in [-0.25, -0.2) is 0 Å². The van der Waals surface area contributed by atoms with Crippen molar-refractivity contribution in [2.45, 2.75) is 29.2 Å². The highest BCUT2D eigenvalue weighted by molar-refractivity contribution is 7.99. The first-order valence-corrected chi connectivity index (χ1v) is 6.63. The molecule has 0 aliphatic rings. The fourth-order valence-electron chi connectivity index (χ4n) is 1.68. The molecule has 2 heteroatoms. The zero-order chi connectivity index (χ0) is 12.1. The highest BCUT2D eigenvalue weighted by atomic mass is 32.2. The second kappa shape index (κ2) is 5.89. The van der Waals surface area contributed by atoms with Crippen molar-refractivity contribution in [3.8, 4) is 0 Å². The van der Waals surface area contributed by atoms with Gasteiger partial charge in [0, 0.05) is 9.79 Å². The third kappa shape index (κ3) is 3.11. The van der Waals surface area contributed by atoms with E-state index < -0.39 is 0 Å². The zero-order valence-corrected chi connectivity index (χ0v) is 10.7. The second-order valence-electron chi connectivity index (χ2n) is 3.88. The van der Waals surface area contributed by atoms with E-state index >= 15 is 0 Å². The Kier molecular flexibility index (Phi) is 4.24. The maximum atomic E-state index is 9.97. The van der Waals surface area contributed by atoms with Crippen molar-refractivity contribution in [2.75, 3.05) is 0 Å². The maximum absolute atomic E-state index is 9.97. The predicted octanol–water partition coefficient (Wildman–Crippen LogP) is 4.28. The maximum Gasteiger partial charge on any atom is 0.0798 e. The molecule has 0 aliphatic carbocycles. The van der Waals surface area contributed by atoms with Crippen LogP contribution >= 0.6 is 11.8 Å². The zero-order valence-electron chi connectivity index (χ0n) is 9.84. The quantitative estimate of drug-likeness (QED) is 0.866. The van der Waals surface area contributed by atoms with Crippen LogP contribution in [0.3, 0.4) is 0 Å². The van der Waals surface area contributed by atoms with Gasteiger partial charge in [0.15, 0.2) is 0 Å². The van der Waals surface area contributed by atoms with Crippen LogP contribution in [0, 0.1) is 0 Å². The standard InChI is InChI=1S/C15H16OS/c1-2-14(16)13-10-6-7-11-15(13)17-12-8-4-3-5-9-12/h3-11,14,16H,2H2,1H3/t14-/m0/s1. The third-order valence-corrected chi connectivity index (χ3v) is 3.74. The number of aliphatic hydroxyl groups excluding tert-OH is 1. The molecule has 1 N–H and O–H groups in total. The lowest BCUT2D eigenvalue weighted by atomic mass is 10.1. The fourth-order valence-corrected chi connectivity index (χ4v) is 2.70. The Morgan fingerprint density at radius 1 is 1.00 bits per heavy atom. The summed E-state index contributed by atoms with van der Waals surface area (Å²) in [5.41, 5.74) is 1.02. The van der Waals surface area contributed by atoms with Crippen molar-refractivity contribution in [3.05, 3.63) is 60.2 Å². The molecule has 0 saturated heterocycles. The van der Waals surface area contributed by atoms with Gasteiger partial charge in [0.2, 0.25) is 0 Å². The van der Waals surface area contributed by atoms with Crippen molar-refractivity contribution >= 4 is 11.8 Å². The molecule has 0 fully saturated rings. The first kappa shape index (κ1) is 12.2. The van der Waals surface area contributed by atoms with Crippen molar-refractivity contribution < 1.29 is 5.11 Å². The Bertz CT molecular complexity index is 467. The summed E-state index contributed by atoms with van der Waals surface area (Å²) in [5, 5.41) is 9.97. The minimum absolute atomic E-state index is 0.373. The van der Waals surface area contributed by atoms with Crippen molar-refractivity contribution in [2.24, 2.45) is 0 Å². The molecule has 88 valence electrons. The molecule has 17 heavy (non-hydrogen) atoms. The number of rotatable bonds is 4. The van der Waals surface area contributed by atoms with Gasteiger partial charge in [0.25, 0.3) is 0 Å². The normalized spacial score (nSPS) is 12.4. The van der Waals surface area contributed by atoms with Crippen LogP contribution in [-0.4, -0.2) is 5.11 Å². The van der Waals surface area contributed by atoms with E-state index in [-0.39, 0.29) is 6.10 Å². The van der Waals surface area contributed by atoms with Crippen molar-refractivity contribution in [3.63, 3.8) is 0 Å². The molecule has 1 nitrogen and oxygen atoms in total. The van der Waals surface area contributed by atoms with Gasteiger partial charge in [-0.3, -0.25) is 0 Å². The van der Waals surface area contributed by atoms with E-state index in [1.807, 2.05) is 43.3 Å². The number of hydrogen-bond donors (Lipinski definition) is 1. The van der Waals surface area contributed by atoms with Crippen LogP contribution in [0.4, 0.5) is 0 Å². The molecule has 1 atom stereocenters. The molecule has 0 amide bonds. The first-order valence-electron chi connectivity index (χ1n) is 5.81. The molecule has 2 rings (SSSR count). The summed E-state index contributed by atoms with van der Waals surface area (Å²) < 4.78 is 0. The van der Waals surface area contributed by atoms with Crippen LogP contribution in [0.2, 0.25) is 0 Å². The van der Waals surface area contributed by atoms with Gasteiger partial charge in [-0.1, -0.05) is 55.1 Å². The van der Waals surface area contributed by atoms with E-state index in [1.165, 1.54) is 4.90 Å². The van der Waals surface area contributed by atoms with E-state index in [1.54, 1.807) is 11.8 Å². The van der Waals surface area contributed by atoms with Crippen molar-refractivity contribution in [1.29, 1.82) is 0 Å². The Morgan fingerprint density at radius 3 is 2.35 bits per heavy atom. The van der Waals surface area contributed by atoms with E-state index in [0.717, 1.165) is 16.9 Å². The van der Waals surface area contributed by atoms with Gasteiger partial charge < -0.3 is 5.11 Å². The molecule has 0 spiro atoms. The predicted molar refractivity (Wildman–Crippen MR) is 72.3 cm³/mol. The highest BCUT2D eigenvalue weighted by Gasteiger charge is 2.10. The van der Waals surface area contributed by atoms with Gasteiger partial charge in [-0.15, -0.1) is 0 Å². The lowest BCUT2D eigenvalue weighted by molar-refractivity contribution is 0.171. The molecular formula is C15H16OS. The molecule has 2 aromatic rings. The van der Waals surface area contributed by atoms with Crippen LogP contribution in [0.5, 0.6) is 0 Å². The Hall–Kier alpha value is -1.25. The van der Waals surface area contributed by atoms with Gasteiger partial charge in [0.05, 0.1) is 6.10 Å². The van der Waals surface area contributed by atoms with Gasteiger partial charge >= 0.3 is 0 Å². The monoisotopic (exact) mass is 244 g/mol. The molecule has 0 saturated carbocycles. The minimum Gasteiger partial charge on any atom is -0.388 e. The third-order valence-electron chi connectivity index (χ3n) is 2.64. The topological polar surface area (TPSA) is 20.2 Å². The minimum atomic E-state index is -0.373. The SMILES string of the molecule is CC[C@H](O)c1ccccc1Sc1ccccc1. The summed E-state index contributed by atoms with van der Waals surface area (Å²) in [6.45, 7) is 1.99. The van der Waals surface area contributed by atoms with Gasteiger partial charge in [-0.05, 0) is 30.2 Å². The van der Waals surface area contributed by atoms with E-state index in [9.17, 15) is 5.11 Å². The summed E-state index contributed by atoms with van der Waals surface area (Å²) in [4.78, 5) is 2.33. The number of aliphatic hydroxyl groups is 1. The van der Waals surface area contributed by atoms with Crippen molar-refractivity contribution in [1.82, 2.24) is 0 Å². The summed E-state index contributed by atoms with van der Waals surface area (Å²) in [7, 11) is 0. The molecular weight excluding hydrogens is 228 g/mol. The second-order valence-corrected chi connectivity index (χ2v) is 4.99. The van der Waals surface area contributed by atoms with E-state index in [4.69, 9.17) is 0 Å². The molecule has 0 aliphatic heterocycles. The summed E-state index contributed by atoms with van der Waals surface area (Å²) in [6.07, 6.45) is 0.370. The van der Waals surface area contributed by atoms with Crippen LogP contribution in [-0.2, 0) is 0 Å². The van der Waals surface area contributed by atoms with Crippen LogP contribution in [0.15, 0.2) is 64.4 Å². The highest BCUT2D eigenvalue weighted by Crippen LogP contribution is 2.33. The molecule has 0 bridgehead atoms. The Balaban J connectivity index is 2.27. The number of hydrogen-bond acceptors (Lipinski definition) is 2. The number of benzene rings is 2. The lowest BCUT2D eigenvalue weighted by Gasteiger charge is -2.13. The van der Waals surface area contributed by atoms with E-state index in [2.05, 4.69) is 18.2 Å². The van der Waals surface area contributed by atoms with Gasteiger partial charge in [-0.2, -0.15) is 0 Å². The Labute approximate surface area is 107 Å². The van der Waals surface area contributed by atoms with Gasteiger partial charge in [0.1, 0.15) is 0 Å². The first-order chi connectivity index (χ1) is 8.31. The van der Waals surface area contributed by atoms with E-state index in [0.29, 0.717) is 0 Å². The Morgan fingerprint density at radius 2 is 1.65 bits per heavy atom. The summed E-state index contributed by atoms with van der Waals surface area (Å²) in [6, 6.07) is 18.3. The van der Waals surface area contributed by atoms with Crippen LogP contribution in [0.1, 0.15) is 25.0 Å². The molecule has 0 heterocycles. The average molecular weight is 244 g/mol. The van der Waals surface area contributed by atoms with Crippen LogP contribution < -0.4 is 0 Å². The summed E-state index contributed by atoms with van der Waals surface area (Å²) in [5.74, 6) is 0. The fraction of sp³-hybridized carbons (Fsp3) is 0.200. The lowest BCUT2D eigenvalue weighted by Crippen LogP contribution is -1.96. The summed E-state index contributed by atoms with van der Waals surface area (Å²) >= 11 is 1.70. The smallest absolute Gasteiger partial charge is 0.0798 e. The molecule has 0 radical (unpaired) electrons. The largest absolute Gasteiger partial charge is 0.388 e.